The first-order chi connectivity index (χ1) is 20.3. The van der Waals surface area contributed by atoms with Gasteiger partial charge >= 0.3 is 0 Å². The molecule has 222 valence electrons. The van der Waals surface area contributed by atoms with Gasteiger partial charge in [0, 0.05) is 16.5 Å². The largest absolute Gasteiger partial charge is 0.285 e. The van der Waals surface area contributed by atoms with Crippen LogP contribution in [0.1, 0.15) is 109 Å². The quantitative estimate of drug-likeness (QED) is 0.137. The Bertz CT molecular complexity index is 1610. The molecule has 0 unspecified atom stereocenters. The van der Waals surface area contributed by atoms with E-state index in [1.807, 2.05) is 81.4 Å². The predicted octanol–water partition coefficient (Wildman–Crippen LogP) is 8.10. The summed E-state index contributed by atoms with van der Waals surface area (Å²) in [5, 5.41) is 14.3. The van der Waals surface area contributed by atoms with Crippen molar-refractivity contribution in [2.24, 2.45) is 5.41 Å². The summed E-state index contributed by atoms with van der Waals surface area (Å²) in [7, 11) is 0. The van der Waals surface area contributed by atoms with Crippen LogP contribution in [0.25, 0.3) is 10.8 Å². The summed E-state index contributed by atoms with van der Waals surface area (Å²) >= 11 is 0. The topological polar surface area (TPSA) is 77.9 Å². The van der Waals surface area contributed by atoms with Gasteiger partial charge in [-0.3, -0.25) is 24.5 Å². The Labute approximate surface area is 253 Å². The molecule has 43 heavy (non-hydrogen) atoms. The molecule has 4 aromatic carbocycles. The van der Waals surface area contributed by atoms with Crippen molar-refractivity contribution in [1.82, 2.24) is 9.96 Å². The zero-order valence-electron chi connectivity index (χ0n) is 26.0. The van der Waals surface area contributed by atoms with E-state index in [1.165, 1.54) is 0 Å². The van der Waals surface area contributed by atoms with E-state index in [1.54, 1.807) is 24.3 Å². The van der Waals surface area contributed by atoms with Crippen LogP contribution >= 0.6 is 0 Å². The number of hydrogen-bond acceptors (Lipinski definition) is 4. The van der Waals surface area contributed by atoms with Gasteiger partial charge in [0.2, 0.25) is 0 Å². The van der Waals surface area contributed by atoms with Gasteiger partial charge in [0.15, 0.2) is 0 Å². The van der Waals surface area contributed by atoms with Crippen LogP contribution < -0.4 is 0 Å². The van der Waals surface area contributed by atoms with Gasteiger partial charge in [0.05, 0.1) is 0 Å². The lowest BCUT2D eigenvalue weighted by Gasteiger charge is -2.42. The van der Waals surface area contributed by atoms with Crippen LogP contribution in [0.4, 0.5) is 0 Å². The Balaban J connectivity index is 1.68. The van der Waals surface area contributed by atoms with Crippen molar-refractivity contribution < 1.29 is 19.6 Å². The van der Waals surface area contributed by atoms with Crippen molar-refractivity contribution >= 4 is 28.5 Å². The standard InChI is InChI=1S/C37H40N2O4/c1-22(2)25-16-8-10-18-27(25)32(28-19-11-9-17-26(28)23(3)4)39(43)36(42)33(37(5,6)7)38-34(40)29-20-12-14-24-15-13-21-30(31(24)29)35(38)41/h8-23,32-33,43H,1-7H3/t33-/m1/s1. The van der Waals surface area contributed by atoms with Crippen molar-refractivity contribution in [2.45, 2.75) is 72.4 Å². The number of carbonyl (C=O) groups excluding carboxylic acids is 3. The number of benzene rings is 4. The van der Waals surface area contributed by atoms with Crippen LogP contribution in [0.15, 0.2) is 84.9 Å². The highest BCUT2D eigenvalue weighted by molar-refractivity contribution is 6.26. The highest BCUT2D eigenvalue weighted by Gasteiger charge is 2.48. The smallest absolute Gasteiger partial charge is 0.270 e. The molecule has 0 aromatic heterocycles. The Morgan fingerprint density at radius 2 is 1.09 bits per heavy atom. The van der Waals surface area contributed by atoms with Crippen LogP contribution in [0, 0.1) is 5.41 Å². The zero-order valence-corrected chi connectivity index (χ0v) is 26.0. The Kier molecular flexibility index (Phi) is 8.01. The number of rotatable bonds is 7. The SMILES string of the molecule is CC(C)c1ccccc1C(c1ccccc1C(C)C)N(O)C(=O)[C@@H](N1C(=O)c2cccc3cccc(c23)C1=O)C(C)(C)C. The fourth-order valence-corrected chi connectivity index (χ4v) is 6.41. The maximum absolute atomic E-state index is 14.7. The fourth-order valence-electron chi connectivity index (χ4n) is 6.41. The van der Waals surface area contributed by atoms with Gasteiger partial charge in [-0.1, -0.05) is 121 Å². The number of nitrogens with zero attached hydrogens (tertiary/aromatic N) is 2. The molecule has 0 saturated heterocycles. The molecule has 0 radical (unpaired) electrons. The summed E-state index contributed by atoms with van der Waals surface area (Å²) in [6.07, 6.45) is 0. The zero-order chi connectivity index (χ0) is 31.2. The summed E-state index contributed by atoms with van der Waals surface area (Å²) in [5.41, 5.74) is 3.41. The maximum atomic E-state index is 14.7. The Morgan fingerprint density at radius 1 is 0.674 bits per heavy atom. The van der Waals surface area contributed by atoms with E-state index >= 15 is 0 Å². The lowest BCUT2D eigenvalue weighted by molar-refractivity contribution is -0.181. The molecular formula is C37H40N2O4. The molecule has 1 N–H and O–H groups in total. The maximum Gasteiger partial charge on any atom is 0.270 e. The number of amides is 3. The predicted molar refractivity (Wildman–Crippen MR) is 169 cm³/mol. The van der Waals surface area contributed by atoms with Crippen molar-refractivity contribution in [3.63, 3.8) is 0 Å². The molecular weight excluding hydrogens is 536 g/mol. The molecule has 0 aliphatic carbocycles. The monoisotopic (exact) mass is 576 g/mol. The van der Waals surface area contributed by atoms with Crippen molar-refractivity contribution in [1.29, 1.82) is 0 Å². The third-order valence-electron chi connectivity index (χ3n) is 8.41. The number of hydrogen-bond donors (Lipinski definition) is 1. The van der Waals surface area contributed by atoms with Gasteiger partial charge in [-0.15, -0.1) is 0 Å². The second-order valence-electron chi connectivity index (χ2n) is 13.1. The van der Waals surface area contributed by atoms with E-state index < -0.39 is 35.2 Å². The number of carbonyl (C=O) groups is 3. The molecule has 4 aromatic rings. The first-order valence-corrected chi connectivity index (χ1v) is 14.9. The Morgan fingerprint density at radius 3 is 1.49 bits per heavy atom. The van der Waals surface area contributed by atoms with Crippen LogP contribution in [0.3, 0.4) is 0 Å². The molecule has 1 aliphatic rings. The molecule has 3 amide bonds. The average molecular weight is 577 g/mol. The second kappa shape index (κ2) is 11.4. The van der Waals surface area contributed by atoms with E-state index in [9.17, 15) is 19.6 Å². The van der Waals surface area contributed by atoms with Crippen molar-refractivity contribution in [3.05, 3.63) is 118 Å². The van der Waals surface area contributed by atoms with E-state index in [0.717, 1.165) is 37.6 Å². The molecule has 1 heterocycles. The summed E-state index contributed by atoms with van der Waals surface area (Å²) < 4.78 is 0. The van der Waals surface area contributed by atoms with Gasteiger partial charge in [-0.05, 0) is 57.0 Å². The molecule has 1 atom stereocenters. The second-order valence-corrected chi connectivity index (χ2v) is 13.1. The van der Waals surface area contributed by atoms with Gasteiger partial charge in [0.25, 0.3) is 17.7 Å². The summed E-state index contributed by atoms with van der Waals surface area (Å²) in [6.45, 7) is 13.7. The molecule has 5 rings (SSSR count). The van der Waals surface area contributed by atoms with Gasteiger partial charge in [-0.25, -0.2) is 5.06 Å². The molecule has 0 bridgehead atoms. The summed E-state index contributed by atoms with van der Waals surface area (Å²) in [4.78, 5) is 43.9. The highest BCUT2D eigenvalue weighted by atomic mass is 16.5. The normalized spacial score (nSPS) is 14.3. The van der Waals surface area contributed by atoms with Crippen LogP contribution in [0.5, 0.6) is 0 Å². The molecule has 1 aliphatic heterocycles. The molecule has 0 spiro atoms. The molecule has 6 nitrogen and oxygen atoms in total. The van der Waals surface area contributed by atoms with E-state index in [-0.39, 0.29) is 11.8 Å². The highest BCUT2D eigenvalue weighted by Crippen LogP contribution is 2.40. The summed E-state index contributed by atoms with van der Waals surface area (Å²) in [6, 6.07) is 24.1. The van der Waals surface area contributed by atoms with Crippen LogP contribution in [0.2, 0.25) is 0 Å². The third-order valence-corrected chi connectivity index (χ3v) is 8.41. The fraction of sp³-hybridized carbons (Fsp3) is 0.324. The minimum absolute atomic E-state index is 0.120. The van der Waals surface area contributed by atoms with Crippen molar-refractivity contribution in [3.8, 4) is 0 Å². The minimum Gasteiger partial charge on any atom is -0.285 e. The number of imide groups is 1. The molecule has 0 fully saturated rings. The average Bonchev–Trinajstić information content (AvgIpc) is 2.97. The van der Waals surface area contributed by atoms with E-state index in [4.69, 9.17) is 0 Å². The van der Waals surface area contributed by atoms with Gasteiger partial charge < -0.3 is 0 Å². The summed E-state index contributed by atoms with van der Waals surface area (Å²) in [5.74, 6) is -1.57. The van der Waals surface area contributed by atoms with Gasteiger partial charge in [-0.2, -0.15) is 0 Å². The van der Waals surface area contributed by atoms with E-state index in [2.05, 4.69) is 27.7 Å². The van der Waals surface area contributed by atoms with Gasteiger partial charge in [0.1, 0.15) is 12.1 Å². The third kappa shape index (κ3) is 5.25. The molecule has 0 saturated carbocycles. The lowest BCUT2D eigenvalue weighted by atomic mass is 9.81. The van der Waals surface area contributed by atoms with Crippen LogP contribution in [-0.4, -0.2) is 38.9 Å². The first-order valence-electron chi connectivity index (χ1n) is 14.9. The number of hydroxylamine groups is 2. The minimum atomic E-state index is -1.28. The lowest BCUT2D eigenvalue weighted by Crippen LogP contribution is -2.59. The van der Waals surface area contributed by atoms with Crippen LogP contribution in [-0.2, 0) is 4.79 Å². The van der Waals surface area contributed by atoms with E-state index in [0.29, 0.717) is 16.5 Å². The first kappa shape index (κ1) is 30.2. The van der Waals surface area contributed by atoms with Crippen molar-refractivity contribution in [2.75, 3.05) is 0 Å². The Hall–Kier alpha value is -4.29. The molecule has 6 heteroatoms.